The highest BCUT2D eigenvalue weighted by atomic mass is 16.2. The minimum Gasteiger partial charge on any atom is -0.355 e. The quantitative estimate of drug-likeness (QED) is 0.646. The summed E-state index contributed by atoms with van der Waals surface area (Å²) in [5, 5.41) is 2.91. The molecule has 1 aliphatic rings. The Morgan fingerprint density at radius 1 is 1.56 bits per heavy atom. The first-order valence-corrected chi connectivity index (χ1v) is 5.75. The highest BCUT2D eigenvalue weighted by Crippen LogP contribution is 2.14. The molecule has 1 N–H and O–H groups in total. The number of carbonyl (C=O) groups is 2. The van der Waals surface area contributed by atoms with E-state index in [1.54, 1.807) is 4.90 Å². The summed E-state index contributed by atoms with van der Waals surface area (Å²) in [6.45, 7) is 2.86. The minimum absolute atomic E-state index is 0.0267. The van der Waals surface area contributed by atoms with Crippen molar-refractivity contribution in [3.05, 3.63) is 0 Å². The number of likely N-dealkylation sites (tertiary alicyclic amines) is 1. The van der Waals surface area contributed by atoms with E-state index < -0.39 is 0 Å². The second-order valence-corrected chi connectivity index (χ2v) is 4.53. The van der Waals surface area contributed by atoms with E-state index in [0.717, 1.165) is 32.3 Å². The average molecular weight is 227 g/mol. The fourth-order valence-electron chi connectivity index (χ4n) is 1.86. The molecular formula is C11H21N3O2. The Hall–Kier alpha value is -1.10. The van der Waals surface area contributed by atoms with Crippen LogP contribution >= 0.6 is 0 Å². The van der Waals surface area contributed by atoms with Gasteiger partial charge in [0.25, 0.3) is 0 Å². The summed E-state index contributed by atoms with van der Waals surface area (Å²) in [4.78, 5) is 26.1. The number of nitrogens with one attached hydrogen (secondary N) is 1. The average Bonchev–Trinajstić information content (AvgIpc) is 2.28. The van der Waals surface area contributed by atoms with Gasteiger partial charge in [-0.25, -0.2) is 0 Å². The van der Waals surface area contributed by atoms with E-state index in [1.807, 2.05) is 19.0 Å². The Bertz CT molecular complexity index is 243. The van der Waals surface area contributed by atoms with Crippen LogP contribution in [0.25, 0.3) is 0 Å². The molecule has 1 aliphatic heterocycles. The summed E-state index contributed by atoms with van der Waals surface area (Å²) < 4.78 is 0. The summed E-state index contributed by atoms with van der Waals surface area (Å²) in [7, 11) is 3.95. The molecule has 1 saturated heterocycles. The van der Waals surface area contributed by atoms with Crippen molar-refractivity contribution in [1.29, 1.82) is 0 Å². The van der Waals surface area contributed by atoms with Crippen LogP contribution in [0.3, 0.4) is 0 Å². The first-order chi connectivity index (χ1) is 7.63. The van der Waals surface area contributed by atoms with Gasteiger partial charge in [-0.1, -0.05) is 0 Å². The molecule has 0 aromatic heterocycles. The molecule has 0 bridgehead atoms. The van der Waals surface area contributed by atoms with E-state index in [0.29, 0.717) is 13.1 Å². The van der Waals surface area contributed by atoms with Crippen molar-refractivity contribution in [2.45, 2.75) is 12.8 Å². The summed E-state index contributed by atoms with van der Waals surface area (Å²) in [5.74, 6) is 0.0505. The third kappa shape index (κ3) is 4.18. The third-order valence-corrected chi connectivity index (χ3v) is 2.83. The Morgan fingerprint density at radius 2 is 2.31 bits per heavy atom. The maximum absolute atomic E-state index is 11.8. The van der Waals surface area contributed by atoms with Crippen LogP contribution in [0.5, 0.6) is 0 Å². The van der Waals surface area contributed by atoms with Crippen molar-refractivity contribution >= 4 is 12.3 Å². The van der Waals surface area contributed by atoms with E-state index in [4.69, 9.17) is 0 Å². The van der Waals surface area contributed by atoms with Gasteiger partial charge in [-0.2, -0.15) is 0 Å². The molecule has 0 spiro atoms. The third-order valence-electron chi connectivity index (χ3n) is 2.83. The van der Waals surface area contributed by atoms with Crippen molar-refractivity contribution in [3.8, 4) is 0 Å². The molecule has 0 radical (unpaired) electrons. The largest absolute Gasteiger partial charge is 0.355 e. The normalized spacial score (nSPS) is 20.9. The topological polar surface area (TPSA) is 52.7 Å². The van der Waals surface area contributed by atoms with Crippen LogP contribution in [0.4, 0.5) is 0 Å². The molecule has 1 atom stereocenters. The molecule has 0 aliphatic carbocycles. The van der Waals surface area contributed by atoms with Crippen molar-refractivity contribution < 1.29 is 9.59 Å². The van der Waals surface area contributed by atoms with Crippen LogP contribution in [0.15, 0.2) is 0 Å². The van der Waals surface area contributed by atoms with Gasteiger partial charge in [-0.05, 0) is 26.9 Å². The smallest absolute Gasteiger partial charge is 0.224 e. The first-order valence-electron chi connectivity index (χ1n) is 5.75. The van der Waals surface area contributed by atoms with E-state index >= 15 is 0 Å². The molecule has 5 nitrogen and oxygen atoms in total. The molecule has 92 valence electrons. The number of piperidine rings is 1. The zero-order chi connectivity index (χ0) is 12.0. The molecule has 0 saturated carbocycles. The molecule has 1 heterocycles. The Labute approximate surface area is 96.8 Å². The lowest BCUT2D eigenvalue weighted by atomic mass is 9.97. The van der Waals surface area contributed by atoms with Crippen LogP contribution in [0, 0.1) is 5.92 Å². The van der Waals surface area contributed by atoms with Gasteiger partial charge >= 0.3 is 0 Å². The molecule has 1 fully saturated rings. The number of carbonyl (C=O) groups excluding carboxylic acids is 2. The zero-order valence-corrected chi connectivity index (χ0v) is 10.1. The first kappa shape index (κ1) is 13.0. The monoisotopic (exact) mass is 227 g/mol. The number of likely N-dealkylation sites (N-methyl/N-ethyl adjacent to an activating group) is 1. The Balaban J connectivity index is 2.27. The van der Waals surface area contributed by atoms with Gasteiger partial charge < -0.3 is 15.1 Å². The summed E-state index contributed by atoms with van der Waals surface area (Å²) >= 11 is 0. The highest BCUT2D eigenvalue weighted by molar-refractivity contribution is 5.79. The van der Waals surface area contributed by atoms with E-state index in [1.165, 1.54) is 0 Å². The Kier molecular flexibility index (Phi) is 5.25. The lowest BCUT2D eigenvalue weighted by Crippen LogP contribution is -2.43. The molecular weight excluding hydrogens is 206 g/mol. The van der Waals surface area contributed by atoms with Crippen molar-refractivity contribution in [2.24, 2.45) is 5.92 Å². The van der Waals surface area contributed by atoms with E-state index in [2.05, 4.69) is 5.32 Å². The van der Waals surface area contributed by atoms with Gasteiger partial charge in [0.15, 0.2) is 0 Å². The van der Waals surface area contributed by atoms with Gasteiger partial charge in [0.2, 0.25) is 12.3 Å². The van der Waals surface area contributed by atoms with Gasteiger partial charge in [0.1, 0.15) is 0 Å². The number of hydrogen-bond donors (Lipinski definition) is 1. The van der Waals surface area contributed by atoms with Crippen LogP contribution < -0.4 is 5.32 Å². The van der Waals surface area contributed by atoms with Gasteiger partial charge in [-0.3, -0.25) is 9.59 Å². The van der Waals surface area contributed by atoms with Gasteiger partial charge in [-0.15, -0.1) is 0 Å². The van der Waals surface area contributed by atoms with Crippen LogP contribution in [0.2, 0.25) is 0 Å². The molecule has 2 amide bonds. The molecule has 16 heavy (non-hydrogen) atoms. The van der Waals surface area contributed by atoms with Crippen LogP contribution in [-0.4, -0.2) is 62.4 Å². The standard InChI is InChI=1S/C11H21N3O2/c1-13(2)7-5-12-11(16)10-4-3-6-14(8-10)9-15/h9-10H,3-8H2,1-2H3,(H,12,16)/t10-/m1/s1. The molecule has 5 heteroatoms. The maximum Gasteiger partial charge on any atom is 0.224 e. The number of amides is 2. The second-order valence-electron chi connectivity index (χ2n) is 4.53. The predicted octanol–water partition coefficient (Wildman–Crippen LogP) is -0.467. The van der Waals surface area contributed by atoms with Crippen LogP contribution in [-0.2, 0) is 9.59 Å². The van der Waals surface area contributed by atoms with Crippen molar-refractivity contribution in [3.63, 3.8) is 0 Å². The lowest BCUT2D eigenvalue weighted by Gasteiger charge is -2.29. The molecule has 0 unspecified atom stereocenters. The second kappa shape index (κ2) is 6.48. The fourth-order valence-corrected chi connectivity index (χ4v) is 1.86. The van der Waals surface area contributed by atoms with E-state index in [-0.39, 0.29) is 11.8 Å². The minimum atomic E-state index is -0.0267. The predicted molar refractivity (Wildman–Crippen MR) is 61.9 cm³/mol. The SMILES string of the molecule is CN(C)CCNC(=O)[C@@H]1CCCN(C=O)C1. The molecule has 0 aromatic rings. The summed E-state index contributed by atoms with van der Waals surface area (Å²) in [5.41, 5.74) is 0. The van der Waals surface area contributed by atoms with Crippen LogP contribution in [0.1, 0.15) is 12.8 Å². The number of hydrogen-bond acceptors (Lipinski definition) is 3. The Morgan fingerprint density at radius 3 is 2.94 bits per heavy atom. The van der Waals surface area contributed by atoms with Gasteiger partial charge in [0.05, 0.1) is 5.92 Å². The fraction of sp³-hybridized carbons (Fsp3) is 0.818. The number of rotatable bonds is 5. The summed E-state index contributed by atoms with van der Waals surface area (Å²) in [6, 6.07) is 0. The molecule has 1 rings (SSSR count). The number of nitrogens with zero attached hydrogens (tertiary/aromatic N) is 2. The maximum atomic E-state index is 11.8. The van der Waals surface area contributed by atoms with Gasteiger partial charge in [0, 0.05) is 26.2 Å². The lowest BCUT2D eigenvalue weighted by molar-refractivity contribution is -0.128. The zero-order valence-electron chi connectivity index (χ0n) is 10.1. The van der Waals surface area contributed by atoms with E-state index in [9.17, 15) is 9.59 Å². The van der Waals surface area contributed by atoms with Crippen molar-refractivity contribution in [1.82, 2.24) is 15.1 Å². The van der Waals surface area contributed by atoms with Crippen molar-refractivity contribution in [2.75, 3.05) is 40.3 Å². The molecule has 0 aromatic carbocycles. The summed E-state index contributed by atoms with van der Waals surface area (Å²) in [6.07, 6.45) is 2.64. The highest BCUT2D eigenvalue weighted by Gasteiger charge is 2.24.